The average molecular weight is 190 g/mol. The van der Waals surface area contributed by atoms with Crippen molar-refractivity contribution >= 4 is 5.69 Å². The van der Waals surface area contributed by atoms with Crippen molar-refractivity contribution in [3.8, 4) is 0 Å². The molecule has 1 unspecified atom stereocenters. The van der Waals surface area contributed by atoms with Gasteiger partial charge in [-0.05, 0) is 34.8 Å². The first kappa shape index (κ1) is 10.2. The van der Waals surface area contributed by atoms with Gasteiger partial charge < -0.3 is 0 Å². The van der Waals surface area contributed by atoms with Gasteiger partial charge >= 0.3 is 0 Å². The number of rotatable bonds is 4. The second-order valence-electron chi connectivity index (χ2n) is 3.02. The normalized spacial score (nSPS) is 11.5. The quantitative estimate of drug-likeness (QED) is 0.310. The summed E-state index contributed by atoms with van der Waals surface area (Å²) in [6, 6.07) is 6.83. The molecule has 0 spiro atoms. The number of nitroso groups, excluding NO2 is 1. The molecular formula is C9H10N4O. The zero-order chi connectivity index (χ0) is 10.4. The Hall–Kier alpha value is -1.87. The lowest BCUT2D eigenvalue weighted by Crippen LogP contribution is -2.00. The number of nitrogens with zero attached hydrogens (tertiary/aromatic N) is 4. The van der Waals surface area contributed by atoms with Crippen LogP contribution in [0.25, 0.3) is 10.4 Å². The molecule has 1 aromatic rings. The van der Waals surface area contributed by atoms with Gasteiger partial charge in [0, 0.05) is 11.0 Å². The summed E-state index contributed by atoms with van der Waals surface area (Å²) in [5.41, 5.74) is 9.63. The van der Waals surface area contributed by atoms with Crippen molar-refractivity contribution in [2.75, 3.05) is 0 Å². The Kier molecular flexibility index (Phi) is 3.64. The first-order valence-electron chi connectivity index (χ1n) is 4.22. The lowest BCUT2D eigenvalue weighted by Gasteiger charge is -2.03. The third-order valence-corrected chi connectivity index (χ3v) is 1.82. The second kappa shape index (κ2) is 4.99. The summed E-state index contributed by atoms with van der Waals surface area (Å²) in [6.07, 6.45) is 0.670. The molecule has 0 aliphatic carbocycles. The van der Waals surface area contributed by atoms with Crippen LogP contribution >= 0.6 is 0 Å². The smallest absolute Gasteiger partial charge is 0.108 e. The molecule has 72 valence electrons. The molecule has 0 amide bonds. The van der Waals surface area contributed by atoms with E-state index in [-0.39, 0.29) is 6.04 Å². The predicted octanol–water partition coefficient (Wildman–Crippen LogP) is 3.33. The molecule has 0 heterocycles. The maximum absolute atomic E-state index is 10.1. The van der Waals surface area contributed by atoms with Gasteiger partial charge in [-0.15, -0.1) is 4.91 Å². The Labute approximate surface area is 81.4 Å². The molecule has 1 rings (SSSR count). The second-order valence-corrected chi connectivity index (χ2v) is 3.02. The predicted molar refractivity (Wildman–Crippen MR) is 54.2 cm³/mol. The van der Waals surface area contributed by atoms with Gasteiger partial charge in [0.2, 0.25) is 0 Å². The van der Waals surface area contributed by atoms with E-state index in [1.54, 1.807) is 24.3 Å². The van der Waals surface area contributed by atoms with E-state index in [2.05, 4.69) is 15.2 Å². The number of azide groups is 1. The molecule has 0 saturated carbocycles. The molecule has 14 heavy (non-hydrogen) atoms. The zero-order valence-electron chi connectivity index (χ0n) is 7.79. The summed E-state index contributed by atoms with van der Waals surface area (Å²) < 4.78 is 0. The van der Waals surface area contributed by atoms with Crippen LogP contribution < -0.4 is 0 Å². The highest BCUT2D eigenvalue weighted by Crippen LogP contribution is 2.14. The van der Waals surface area contributed by atoms with Crippen molar-refractivity contribution in [3.63, 3.8) is 0 Å². The molecule has 0 aliphatic heterocycles. The monoisotopic (exact) mass is 190 g/mol. The van der Waals surface area contributed by atoms with E-state index in [0.29, 0.717) is 12.1 Å². The third kappa shape index (κ3) is 2.88. The summed E-state index contributed by atoms with van der Waals surface area (Å²) in [4.78, 5) is 12.8. The molecule has 0 bridgehead atoms. The Morgan fingerprint density at radius 3 is 2.57 bits per heavy atom. The zero-order valence-corrected chi connectivity index (χ0v) is 7.79. The van der Waals surface area contributed by atoms with Crippen LogP contribution in [0.4, 0.5) is 5.69 Å². The van der Waals surface area contributed by atoms with E-state index in [0.717, 1.165) is 5.56 Å². The van der Waals surface area contributed by atoms with Crippen molar-refractivity contribution in [2.45, 2.75) is 19.4 Å². The molecule has 0 saturated heterocycles. The number of hydrogen-bond donors (Lipinski definition) is 0. The van der Waals surface area contributed by atoms with Crippen LogP contribution in [-0.2, 0) is 6.42 Å². The van der Waals surface area contributed by atoms with Crippen LogP contribution in [0, 0.1) is 4.91 Å². The van der Waals surface area contributed by atoms with E-state index in [9.17, 15) is 4.91 Å². The summed E-state index contributed by atoms with van der Waals surface area (Å²) in [5, 5.41) is 6.35. The van der Waals surface area contributed by atoms with E-state index in [4.69, 9.17) is 5.53 Å². The Morgan fingerprint density at radius 1 is 1.43 bits per heavy atom. The van der Waals surface area contributed by atoms with Gasteiger partial charge in [-0.1, -0.05) is 24.2 Å². The van der Waals surface area contributed by atoms with Crippen LogP contribution in [-0.4, -0.2) is 6.04 Å². The molecular weight excluding hydrogens is 180 g/mol. The maximum Gasteiger partial charge on any atom is 0.108 e. The van der Waals surface area contributed by atoms with Crippen molar-refractivity contribution in [1.29, 1.82) is 0 Å². The number of benzene rings is 1. The van der Waals surface area contributed by atoms with Crippen LogP contribution in [0.5, 0.6) is 0 Å². The fourth-order valence-corrected chi connectivity index (χ4v) is 1.16. The van der Waals surface area contributed by atoms with Gasteiger partial charge in [0.15, 0.2) is 0 Å². The van der Waals surface area contributed by atoms with Crippen molar-refractivity contribution < 1.29 is 0 Å². The summed E-state index contributed by atoms with van der Waals surface area (Å²) >= 11 is 0. The standard InChI is InChI=1S/C9H10N4O/c1-7(11-13-10)6-8-2-4-9(12-14)5-3-8/h2-5,7H,6H2,1H3. The molecule has 0 fully saturated rings. The third-order valence-electron chi connectivity index (χ3n) is 1.82. The van der Waals surface area contributed by atoms with Gasteiger partial charge in [-0.3, -0.25) is 0 Å². The first-order valence-corrected chi connectivity index (χ1v) is 4.22. The highest BCUT2D eigenvalue weighted by molar-refractivity contribution is 5.38. The molecule has 1 atom stereocenters. The fraction of sp³-hybridized carbons (Fsp3) is 0.333. The number of hydrogen-bond acceptors (Lipinski definition) is 3. The van der Waals surface area contributed by atoms with E-state index >= 15 is 0 Å². The summed E-state index contributed by atoms with van der Waals surface area (Å²) in [6.45, 7) is 1.84. The van der Waals surface area contributed by atoms with Gasteiger partial charge in [0.1, 0.15) is 5.69 Å². The highest BCUT2D eigenvalue weighted by atomic mass is 16.3. The van der Waals surface area contributed by atoms with E-state index < -0.39 is 0 Å². The van der Waals surface area contributed by atoms with Gasteiger partial charge in [-0.25, -0.2) is 0 Å². The van der Waals surface area contributed by atoms with Crippen LogP contribution in [0.2, 0.25) is 0 Å². The molecule has 0 aliphatic rings. The van der Waals surface area contributed by atoms with E-state index in [1.165, 1.54) is 0 Å². The Balaban J connectivity index is 2.68. The molecule has 5 nitrogen and oxygen atoms in total. The minimum absolute atomic E-state index is 0.0740. The molecule has 1 aromatic carbocycles. The Morgan fingerprint density at radius 2 is 2.07 bits per heavy atom. The Bertz CT molecular complexity index is 354. The maximum atomic E-state index is 10.1. The van der Waals surface area contributed by atoms with Gasteiger partial charge in [0.05, 0.1) is 0 Å². The van der Waals surface area contributed by atoms with Crippen LogP contribution in [0.1, 0.15) is 12.5 Å². The van der Waals surface area contributed by atoms with Crippen molar-refractivity contribution in [3.05, 3.63) is 45.2 Å². The lowest BCUT2D eigenvalue weighted by molar-refractivity contribution is 0.731. The van der Waals surface area contributed by atoms with Crippen LogP contribution in [0.15, 0.2) is 34.6 Å². The minimum atomic E-state index is -0.0740. The average Bonchev–Trinajstić information content (AvgIpc) is 2.19. The largest absolute Gasteiger partial charge is 0.145 e. The van der Waals surface area contributed by atoms with Crippen molar-refractivity contribution in [2.24, 2.45) is 10.3 Å². The van der Waals surface area contributed by atoms with E-state index in [1.807, 2.05) is 6.92 Å². The fourth-order valence-electron chi connectivity index (χ4n) is 1.16. The molecule has 0 radical (unpaired) electrons. The van der Waals surface area contributed by atoms with Gasteiger partial charge in [-0.2, -0.15) is 0 Å². The minimum Gasteiger partial charge on any atom is -0.145 e. The van der Waals surface area contributed by atoms with Gasteiger partial charge in [0.25, 0.3) is 0 Å². The van der Waals surface area contributed by atoms with Crippen LogP contribution in [0.3, 0.4) is 0 Å². The van der Waals surface area contributed by atoms with Crippen molar-refractivity contribution in [1.82, 2.24) is 0 Å². The molecule has 0 aromatic heterocycles. The highest BCUT2D eigenvalue weighted by Gasteiger charge is 2.00. The molecule has 0 N–H and O–H groups in total. The summed E-state index contributed by atoms with van der Waals surface area (Å²) in [5.74, 6) is 0. The molecule has 5 heteroatoms. The lowest BCUT2D eigenvalue weighted by atomic mass is 10.1. The SMILES string of the molecule is CC(Cc1ccc(N=O)cc1)N=[N+]=[N-]. The topological polar surface area (TPSA) is 78.2 Å². The first-order chi connectivity index (χ1) is 6.76. The summed E-state index contributed by atoms with van der Waals surface area (Å²) in [7, 11) is 0.